The Kier molecular flexibility index (Phi) is 6.82. The maximum absolute atomic E-state index is 12.8. The molecule has 0 aliphatic carbocycles. The van der Waals surface area contributed by atoms with Crippen LogP contribution < -0.4 is 9.47 Å². The van der Waals surface area contributed by atoms with E-state index in [0.29, 0.717) is 37.0 Å². The van der Waals surface area contributed by atoms with Gasteiger partial charge in [0, 0.05) is 13.0 Å². The number of aromatic nitrogens is 2. The van der Waals surface area contributed by atoms with E-state index in [4.69, 9.17) is 14.0 Å². The Balaban J connectivity index is 1.33. The zero-order valence-corrected chi connectivity index (χ0v) is 17.7. The van der Waals surface area contributed by atoms with Gasteiger partial charge in [-0.15, -0.1) is 0 Å². The maximum atomic E-state index is 12.8. The number of para-hydroxylation sites is 1. The predicted octanol–water partition coefficient (Wildman–Crippen LogP) is 4.13. The van der Waals surface area contributed by atoms with E-state index in [1.165, 1.54) is 0 Å². The molecule has 1 unspecified atom stereocenters. The zero-order chi connectivity index (χ0) is 21.5. The maximum Gasteiger partial charge on any atom is 0.261 e. The van der Waals surface area contributed by atoms with Crippen molar-refractivity contribution in [2.75, 3.05) is 19.8 Å². The van der Waals surface area contributed by atoms with Gasteiger partial charge in [-0.25, -0.2) is 0 Å². The van der Waals surface area contributed by atoms with Crippen molar-refractivity contribution >= 4 is 5.91 Å². The van der Waals surface area contributed by atoms with Crippen LogP contribution in [0.5, 0.6) is 11.5 Å². The molecule has 1 aliphatic rings. The molecule has 4 rings (SSSR count). The Hall–Kier alpha value is -3.35. The number of hydrogen-bond acceptors (Lipinski definition) is 6. The molecule has 0 saturated carbocycles. The second kappa shape index (κ2) is 10.1. The van der Waals surface area contributed by atoms with Crippen LogP contribution in [0.3, 0.4) is 0 Å². The number of ether oxygens (including phenoxy) is 2. The van der Waals surface area contributed by atoms with Crippen LogP contribution in [0.25, 0.3) is 0 Å². The number of likely N-dealkylation sites (tertiary alicyclic amines) is 1. The number of rotatable bonds is 8. The molecule has 162 valence electrons. The minimum Gasteiger partial charge on any atom is -0.493 e. The van der Waals surface area contributed by atoms with Gasteiger partial charge in [0.2, 0.25) is 5.89 Å². The molecule has 0 spiro atoms. The number of carbonyl (C=O) groups is 1. The number of piperidine rings is 1. The lowest BCUT2D eigenvalue weighted by Gasteiger charge is -2.33. The molecule has 0 N–H and O–H groups in total. The highest BCUT2D eigenvalue weighted by Gasteiger charge is 2.32. The third-order valence-electron chi connectivity index (χ3n) is 5.28. The number of amides is 1. The van der Waals surface area contributed by atoms with Crippen LogP contribution in [-0.2, 0) is 11.2 Å². The Morgan fingerprint density at radius 3 is 2.77 bits per heavy atom. The van der Waals surface area contributed by atoms with E-state index in [9.17, 15) is 4.79 Å². The molecule has 1 atom stereocenters. The number of aryl methyl sites for hydroxylation is 1. The van der Waals surface area contributed by atoms with Gasteiger partial charge in [0.1, 0.15) is 17.5 Å². The summed E-state index contributed by atoms with van der Waals surface area (Å²) in [6.45, 7) is 3.14. The minimum absolute atomic E-state index is 0.00810. The molecule has 3 aromatic rings. The van der Waals surface area contributed by atoms with Gasteiger partial charge in [0.25, 0.3) is 5.91 Å². The third kappa shape index (κ3) is 5.63. The largest absolute Gasteiger partial charge is 0.493 e. The van der Waals surface area contributed by atoms with E-state index in [0.717, 1.165) is 30.6 Å². The summed E-state index contributed by atoms with van der Waals surface area (Å²) in [7, 11) is 0. The summed E-state index contributed by atoms with van der Waals surface area (Å²) >= 11 is 0. The first-order valence-corrected chi connectivity index (χ1v) is 10.7. The molecule has 7 heteroatoms. The quantitative estimate of drug-likeness (QED) is 0.544. The second-order valence-corrected chi connectivity index (χ2v) is 7.66. The van der Waals surface area contributed by atoms with Gasteiger partial charge in [-0.2, -0.15) is 4.98 Å². The summed E-state index contributed by atoms with van der Waals surface area (Å²) < 4.78 is 16.9. The standard InChI is InChI=1S/C24H27N3O4/c1-18-8-7-11-20(16-18)29-15-13-22-25-24(31-26-22)21-12-5-6-14-27(21)23(28)17-30-19-9-3-2-4-10-19/h2-4,7-11,16,21H,5-6,12-15,17H2,1H3. The topological polar surface area (TPSA) is 77.7 Å². The number of nitrogens with zero attached hydrogens (tertiary/aromatic N) is 3. The van der Waals surface area contributed by atoms with Gasteiger partial charge in [0.15, 0.2) is 12.4 Å². The SMILES string of the molecule is Cc1cccc(OCCc2noc(C3CCCCN3C(=O)COc3ccccc3)n2)c1. The van der Waals surface area contributed by atoms with E-state index < -0.39 is 0 Å². The lowest BCUT2D eigenvalue weighted by Crippen LogP contribution is -2.41. The Labute approximate surface area is 182 Å². The first-order valence-electron chi connectivity index (χ1n) is 10.7. The summed E-state index contributed by atoms with van der Waals surface area (Å²) in [4.78, 5) is 19.1. The summed E-state index contributed by atoms with van der Waals surface area (Å²) in [5.74, 6) is 2.50. The van der Waals surface area contributed by atoms with Crippen molar-refractivity contribution in [2.24, 2.45) is 0 Å². The fourth-order valence-corrected chi connectivity index (χ4v) is 3.70. The highest BCUT2D eigenvalue weighted by Crippen LogP contribution is 2.30. The van der Waals surface area contributed by atoms with Crippen LogP contribution in [0.1, 0.15) is 42.6 Å². The average Bonchev–Trinajstić information content (AvgIpc) is 3.27. The molecule has 1 amide bonds. The minimum atomic E-state index is -0.209. The smallest absolute Gasteiger partial charge is 0.261 e. The molecule has 1 saturated heterocycles. The highest BCUT2D eigenvalue weighted by atomic mass is 16.5. The lowest BCUT2D eigenvalue weighted by molar-refractivity contribution is -0.138. The van der Waals surface area contributed by atoms with Crippen molar-refractivity contribution in [3.8, 4) is 11.5 Å². The normalized spacial score (nSPS) is 16.2. The van der Waals surface area contributed by atoms with Crippen molar-refractivity contribution in [2.45, 2.75) is 38.6 Å². The first kappa shape index (κ1) is 20.9. The van der Waals surface area contributed by atoms with E-state index in [1.807, 2.05) is 61.5 Å². The Morgan fingerprint density at radius 1 is 1.10 bits per heavy atom. The molecular formula is C24H27N3O4. The fourth-order valence-electron chi connectivity index (χ4n) is 3.70. The lowest BCUT2D eigenvalue weighted by atomic mass is 10.0. The molecule has 0 bridgehead atoms. The average molecular weight is 421 g/mol. The number of carbonyl (C=O) groups excluding carboxylic acids is 1. The molecule has 0 radical (unpaired) electrons. The summed E-state index contributed by atoms with van der Waals surface area (Å²) in [5, 5.41) is 4.09. The van der Waals surface area contributed by atoms with Crippen molar-refractivity contribution < 1.29 is 18.8 Å². The number of hydrogen-bond donors (Lipinski definition) is 0. The van der Waals surface area contributed by atoms with Gasteiger partial charge in [-0.3, -0.25) is 4.79 Å². The van der Waals surface area contributed by atoms with E-state index in [2.05, 4.69) is 10.1 Å². The summed E-state index contributed by atoms with van der Waals surface area (Å²) in [6, 6.07) is 17.1. The van der Waals surface area contributed by atoms with Crippen molar-refractivity contribution in [1.82, 2.24) is 15.0 Å². The van der Waals surface area contributed by atoms with Crippen LogP contribution in [0.4, 0.5) is 0 Å². The first-order chi connectivity index (χ1) is 15.2. The molecule has 1 fully saturated rings. The van der Waals surface area contributed by atoms with Crippen LogP contribution in [0.15, 0.2) is 59.1 Å². The van der Waals surface area contributed by atoms with E-state index in [1.54, 1.807) is 4.90 Å². The molecule has 7 nitrogen and oxygen atoms in total. The molecule has 2 heterocycles. The predicted molar refractivity (Wildman–Crippen MR) is 115 cm³/mol. The molecule has 1 aliphatic heterocycles. The summed E-state index contributed by atoms with van der Waals surface area (Å²) in [6.07, 6.45) is 3.31. The Bertz CT molecular complexity index is 989. The van der Waals surface area contributed by atoms with Crippen molar-refractivity contribution in [3.05, 3.63) is 71.9 Å². The van der Waals surface area contributed by atoms with Crippen LogP contribution >= 0.6 is 0 Å². The van der Waals surface area contributed by atoms with Crippen molar-refractivity contribution in [1.29, 1.82) is 0 Å². The monoisotopic (exact) mass is 421 g/mol. The van der Waals surface area contributed by atoms with E-state index in [-0.39, 0.29) is 18.6 Å². The number of benzene rings is 2. The highest BCUT2D eigenvalue weighted by molar-refractivity contribution is 5.78. The molecule has 1 aromatic heterocycles. The molecule has 31 heavy (non-hydrogen) atoms. The van der Waals surface area contributed by atoms with Crippen molar-refractivity contribution in [3.63, 3.8) is 0 Å². The van der Waals surface area contributed by atoms with Gasteiger partial charge < -0.3 is 18.9 Å². The van der Waals surface area contributed by atoms with E-state index >= 15 is 0 Å². The van der Waals surface area contributed by atoms with Crippen LogP contribution in [0.2, 0.25) is 0 Å². The van der Waals surface area contributed by atoms with Gasteiger partial charge in [-0.1, -0.05) is 35.5 Å². The van der Waals surface area contributed by atoms with Crippen LogP contribution in [0, 0.1) is 6.92 Å². The molecule has 2 aromatic carbocycles. The van der Waals surface area contributed by atoms with Gasteiger partial charge in [-0.05, 0) is 56.0 Å². The fraction of sp³-hybridized carbons (Fsp3) is 0.375. The zero-order valence-electron chi connectivity index (χ0n) is 17.7. The van der Waals surface area contributed by atoms with Crippen LogP contribution in [-0.4, -0.2) is 40.7 Å². The van der Waals surface area contributed by atoms with Gasteiger partial charge >= 0.3 is 0 Å². The third-order valence-corrected chi connectivity index (χ3v) is 5.28. The second-order valence-electron chi connectivity index (χ2n) is 7.66. The summed E-state index contributed by atoms with van der Waals surface area (Å²) in [5.41, 5.74) is 1.15. The molecular weight excluding hydrogens is 394 g/mol. The Morgan fingerprint density at radius 2 is 1.94 bits per heavy atom. The van der Waals surface area contributed by atoms with Gasteiger partial charge in [0.05, 0.1) is 6.61 Å².